The molecule has 0 bridgehead atoms. The van der Waals surface area contributed by atoms with E-state index in [0.29, 0.717) is 18.0 Å². The summed E-state index contributed by atoms with van der Waals surface area (Å²) in [4.78, 5) is 16.1. The average Bonchev–Trinajstić information content (AvgIpc) is 2.34. The van der Waals surface area contributed by atoms with Crippen molar-refractivity contribution in [3.8, 4) is 0 Å². The van der Waals surface area contributed by atoms with Crippen molar-refractivity contribution in [2.45, 2.75) is 12.5 Å². The normalized spacial score (nSPS) is 21.4. The van der Waals surface area contributed by atoms with E-state index in [1.165, 1.54) is 0 Å². The molecule has 1 aliphatic rings. The van der Waals surface area contributed by atoms with Crippen LogP contribution in [0.1, 0.15) is 6.42 Å². The maximum atomic E-state index is 12.4. The van der Waals surface area contributed by atoms with Gasteiger partial charge in [-0.25, -0.2) is 0 Å². The Balaban J connectivity index is 2.21. The summed E-state index contributed by atoms with van der Waals surface area (Å²) in [5, 5.41) is 9.66. The van der Waals surface area contributed by atoms with Crippen LogP contribution in [0.2, 0.25) is 5.02 Å². The molecule has 98 valence electrons. The number of piperazine rings is 1. The highest BCUT2D eigenvalue weighted by Crippen LogP contribution is 2.23. The van der Waals surface area contributed by atoms with Crippen LogP contribution >= 0.6 is 11.6 Å². The van der Waals surface area contributed by atoms with Crippen LogP contribution in [0, 0.1) is 0 Å². The van der Waals surface area contributed by atoms with Gasteiger partial charge in [0, 0.05) is 30.4 Å². The van der Waals surface area contributed by atoms with E-state index >= 15 is 0 Å². The number of rotatable bonds is 3. The minimum Gasteiger partial charge on any atom is -0.396 e. The topological polar surface area (TPSA) is 43.8 Å². The number of carbonyl (C=O) groups excluding carboxylic acids is 1. The summed E-state index contributed by atoms with van der Waals surface area (Å²) in [6.45, 7) is 1.46. The van der Waals surface area contributed by atoms with E-state index in [9.17, 15) is 4.79 Å². The fourth-order valence-electron chi connectivity index (χ4n) is 2.26. The number of halogens is 1. The Morgan fingerprint density at radius 3 is 2.89 bits per heavy atom. The molecular weight excluding hydrogens is 252 g/mol. The van der Waals surface area contributed by atoms with Crippen molar-refractivity contribution in [3.05, 3.63) is 29.3 Å². The molecular formula is C13H17ClN2O2. The number of aliphatic hydroxyl groups excluding tert-OH is 1. The second-order valence-electron chi connectivity index (χ2n) is 4.48. The molecule has 1 atom stereocenters. The quantitative estimate of drug-likeness (QED) is 0.901. The summed E-state index contributed by atoms with van der Waals surface area (Å²) in [6, 6.07) is 7.05. The molecule has 1 aromatic rings. The van der Waals surface area contributed by atoms with Crippen LogP contribution < -0.4 is 4.90 Å². The van der Waals surface area contributed by atoms with Gasteiger partial charge >= 0.3 is 0 Å². The summed E-state index contributed by atoms with van der Waals surface area (Å²) >= 11 is 5.95. The molecule has 5 heteroatoms. The van der Waals surface area contributed by atoms with E-state index in [1.54, 1.807) is 17.0 Å². The van der Waals surface area contributed by atoms with E-state index in [4.69, 9.17) is 16.7 Å². The van der Waals surface area contributed by atoms with Crippen LogP contribution in [0.25, 0.3) is 0 Å². The summed E-state index contributed by atoms with van der Waals surface area (Å²) < 4.78 is 0. The number of hydrogen-bond donors (Lipinski definition) is 1. The Morgan fingerprint density at radius 2 is 2.22 bits per heavy atom. The number of nitrogens with zero attached hydrogens (tertiary/aromatic N) is 2. The first-order valence-electron chi connectivity index (χ1n) is 6.01. The smallest absolute Gasteiger partial charge is 0.244 e. The predicted octanol–water partition coefficient (Wildman–Crippen LogP) is 1.37. The van der Waals surface area contributed by atoms with Crippen molar-refractivity contribution < 1.29 is 9.90 Å². The van der Waals surface area contributed by atoms with Crippen molar-refractivity contribution in [2.75, 3.05) is 31.6 Å². The monoisotopic (exact) mass is 268 g/mol. The Labute approximate surface area is 112 Å². The zero-order valence-corrected chi connectivity index (χ0v) is 11.1. The van der Waals surface area contributed by atoms with Crippen LogP contribution in [-0.4, -0.2) is 48.7 Å². The Hall–Kier alpha value is -1.10. The molecule has 1 heterocycles. The Bertz CT molecular complexity index is 439. The lowest BCUT2D eigenvalue weighted by atomic mass is 10.1. The highest BCUT2D eigenvalue weighted by Gasteiger charge is 2.32. The lowest BCUT2D eigenvalue weighted by molar-refractivity contribution is -0.125. The SMILES string of the molecule is CN1CCN(c2cccc(Cl)c2)C(=O)C1CCO. The molecule has 18 heavy (non-hydrogen) atoms. The number of likely N-dealkylation sites (N-methyl/N-ethyl adjacent to an activating group) is 1. The molecule has 1 aliphatic heterocycles. The maximum Gasteiger partial charge on any atom is 0.244 e. The predicted molar refractivity (Wildman–Crippen MR) is 71.9 cm³/mol. The second kappa shape index (κ2) is 5.69. The van der Waals surface area contributed by atoms with Crippen LogP contribution in [0.5, 0.6) is 0 Å². The number of benzene rings is 1. The maximum absolute atomic E-state index is 12.4. The van der Waals surface area contributed by atoms with E-state index in [2.05, 4.69) is 0 Å². The Morgan fingerprint density at radius 1 is 1.44 bits per heavy atom. The summed E-state index contributed by atoms with van der Waals surface area (Å²) in [5.74, 6) is 0.0278. The van der Waals surface area contributed by atoms with Gasteiger partial charge in [0.25, 0.3) is 0 Å². The molecule has 1 N–H and O–H groups in total. The average molecular weight is 269 g/mol. The minimum atomic E-state index is -0.247. The molecule has 2 rings (SSSR count). The van der Waals surface area contributed by atoms with Gasteiger partial charge in [-0.05, 0) is 31.7 Å². The van der Waals surface area contributed by atoms with E-state index in [1.807, 2.05) is 24.1 Å². The summed E-state index contributed by atoms with van der Waals surface area (Å²) in [5.41, 5.74) is 0.823. The fourth-order valence-corrected chi connectivity index (χ4v) is 2.44. The Kier molecular flexibility index (Phi) is 4.22. The van der Waals surface area contributed by atoms with Gasteiger partial charge in [0.1, 0.15) is 0 Å². The van der Waals surface area contributed by atoms with Gasteiger partial charge in [0.15, 0.2) is 0 Å². The van der Waals surface area contributed by atoms with Crippen molar-refractivity contribution in [2.24, 2.45) is 0 Å². The second-order valence-corrected chi connectivity index (χ2v) is 4.91. The third-order valence-corrected chi connectivity index (χ3v) is 3.52. The molecule has 0 aliphatic carbocycles. The highest BCUT2D eigenvalue weighted by molar-refractivity contribution is 6.30. The van der Waals surface area contributed by atoms with Crippen molar-refractivity contribution in [1.82, 2.24) is 4.90 Å². The third kappa shape index (κ3) is 2.66. The number of aliphatic hydroxyl groups is 1. The first kappa shape index (κ1) is 13.3. The fraction of sp³-hybridized carbons (Fsp3) is 0.462. The summed E-state index contributed by atoms with van der Waals surface area (Å²) in [6.07, 6.45) is 0.465. The molecule has 1 aromatic carbocycles. The molecule has 1 fully saturated rings. The van der Waals surface area contributed by atoms with Crippen molar-refractivity contribution in [3.63, 3.8) is 0 Å². The number of carbonyl (C=O) groups is 1. The van der Waals surface area contributed by atoms with Gasteiger partial charge in [-0.2, -0.15) is 0 Å². The molecule has 0 aromatic heterocycles. The lowest BCUT2D eigenvalue weighted by Crippen LogP contribution is -2.56. The highest BCUT2D eigenvalue weighted by atomic mass is 35.5. The van der Waals surface area contributed by atoms with Crippen LogP contribution in [-0.2, 0) is 4.79 Å². The molecule has 0 radical (unpaired) electrons. The summed E-state index contributed by atoms with van der Waals surface area (Å²) in [7, 11) is 1.91. The van der Waals surface area contributed by atoms with E-state index < -0.39 is 0 Å². The molecule has 4 nitrogen and oxygen atoms in total. The molecule has 1 saturated heterocycles. The van der Waals surface area contributed by atoms with Gasteiger partial charge < -0.3 is 10.0 Å². The number of hydrogen-bond acceptors (Lipinski definition) is 3. The standard InChI is InChI=1S/C13H17ClN2O2/c1-15-6-7-16(13(18)12(15)5-8-17)11-4-2-3-10(14)9-11/h2-4,9,12,17H,5-8H2,1H3. The molecule has 0 spiro atoms. The van der Waals surface area contributed by atoms with Gasteiger partial charge in [-0.1, -0.05) is 17.7 Å². The molecule has 0 saturated carbocycles. The van der Waals surface area contributed by atoms with Crippen LogP contribution in [0.4, 0.5) is 5.69 Å². The van der Waals surface area contributed by atoms with Crippen LogP contribution in [0.15, 0.2) is 24.3 Å². The van der Waals surface area contributed by atoms with E-state index in [0.717, 1.165) is 12.2 Å². The first-order valence-corrected chi connectivity index (χ1v) is 6.39. The van der Waals surface area contributed by atoms with Crippen molar-refractivity contribution >= 4 is 23.2 Å². The zero-order chi connectivity index (χ0) is 13.1. The number of amides is 1. The molecule has 1 unspecified atom stereocenters. The largest absolute Gasteiger partial charge is 0.396 e. The van der Waals surface area contributed by atoms with Crippen molar-refractivity contribution in [1.29, 1.82) is 0 Å². The van der Waals surface area contributed by atoms with Crippen LogP contribution in [0.3, 0.4) is 0 Å². The minimum absolute atomic E-state index is 0.0180. The zero-order valence-electron chi connectivity index (χ0n) is 10.3. The first-order chi connectivity index (χ1) is 8.63. The molecule has 1 amide bonds. The van der Waals surface area contributed by atoms with Gasteiger partial charge in [0.2, 0.25) is 5.91 Å². The number of anilines is 1. The lowest BCUT2D eigenvalue weighted by Gasteiger charge is -2.38. The van der Waals surface area contributed by atoms with E-state index in [-0.39, 0.29) is 18.6 Å². The van der Waals surface area contributed by atoms with Gasteiger partial charge in [-0.15, -0.1) is 0 Å². The van der Waals surface area contributed by atoms with Gasteiger partial charge in [0.05, 0.1) is 6.04 Å². The third-order valence-electron chi connectivity index (χ3n) is 3.28. The van der Waals surface area contributed by atoms with Gasteiger partial charge in [-0.3, -0.25) is 9.69 Å².